The SMILES string of the molecule is CC(C)=CCC/C(C)=C/CC/C(C)=C/CC/C(C)=C/CCC1=CC(=O)c2ccccc2C1=O.NNC(=O)c1ccncc1. The Hall–Kier alpha value is -4.16. The van der Waals surface area contributed by atoms with Crippen LogP contribution in [0.25, 0.3) is 0 Å². The summed E-state index contributed by atoms with van der Waals surface area (Å²) in [6.45, 7) is 10.9. The molecule has 1 aromatic carbocycles. The summed E-state index contributed by atoms with van der Waals surface area (Å²) in [7, 11) is 0. The van der Waals surface area contributed by atoms with Gasteiger partial charge in [0.25, 0.3) is 5.91 Å². The van der Waals surface area contributed by atoms with Gasteiger partial charge in [-0.1, -0.05) is 70.9 Å². The fourth-order valence-corrected chi connectivity index (χ4v) is 4.60. The van der Waals surface area contributed by atoms with Crippen molar-refractivity contribution in [3.63, 3.8) is 0 Å². The molecule has 0 saturated heterocycles. The van der Waals surface area contributed by atoms with Crippen LogP contribution in [0.15, 0.2) is 107 Å². The van der Waals surface area contributed by atoms with Crippen LogP contribution in [0.4, 0.5) is 0 Å². The molecule has 2 aromatic rings. The smallest absolute Gasteiger partial charge is 0.265 e. The fourth-order valence-electron chi connectivity index (χ4n) is 4.60. The van der Waals surface area contributed by atoms with E-state index in [1.54, 1.807) is 30.3 Å². The lowest BCUT2D eigenvalue weighted by Crippen LogP contribution is -2.29. The highest BCUT2D eigenvalue weighted by Gasteiger charge is 2.24. The monoisotopic (exact) mass is 581 g/mol. The number of pyridine rings is 1. The number of nitrogens with two attached hydrogens (primary N) is 1. The number of fused-ring (bicyclic) bond motifs is 1. The summed E-state index contributed by atoms with van der Waals surface area (Å²) in [5.74, 6) is 4.52. The molecule has 0 radical (unpaired) electrons. The second-order valence-corrected chi connectivity index (χ2v) is 11.2. The summed E-state index contributed by atoms with van der Waals surface area (Å²) < 4.78 is 0. The number of allylic oxidation sites excluding steroid dienone is 10. The van der Waals surface area contributed by atoms with Crippen molar-refractivity contribution in [2.75, 3.05) is 0 Å². The van der Waals surface area contributed by atoms with Gasteiger partial charge in [-0.3, -0.25) is 24.8 Å². The molecule has 0 bridgehead atoms. The highest BCUT2D eigenvalue weighted by molar-refractivity contribution is 6.24. The van der Waals surface area contributed by atoms with Gasteiger partial charge in [-0.2, -0.15) is 0 Å². The minimum absolute atomic E-state index is 0.00367. The zero-order valence-electron chi connectivity index (χ0n) is 26.4. The van der Waals surface area contributed by atoms with Gasteiger partial charge in [0, 0.05) is 34.7 Å². The molecule has 0 spiro atoms. The van der Waals surface area contributed by atoms with E-state index < -0.39 is 0 Å². The number of nitrogens with one attached hydrogen (secondary N) is 1. The zero-order valence-corrected chi connectivity index (χ0v) is 26.4. The number of amides is 1. The number of rotatable bonds is 13. The van der Waals surface area contributed by atoms with Gasteiger partial charge < -0.3 is 0 Å². The molecule has 0 atom stereocenters. The fraction of sp³-hybridized carbons (Fsp3) is 0.351. The maximum Gasteiger partial charge on any atom is 0.265 e. The van der Waals surface area contributed by atoms with E-state index in [-0.39, 0.29) is 17.5 Å². The molecule has 0 aliphatic heterocycles. The Labute approximate surface area is 257 Å². The number of hydrazine groups is 1. The molecule has 6 heteroatoms. The van der Waals surface area contributed by atoms with E-state index in [9.17, 15) is 14.4 Å². The molecule has 3 rings (SSSR count). The van der Waals surface area contributed by atoms with Gasteiger partial charge in [-0.15, -0.1) is 0 Å². The molecule has 1 heterocycles. The third-order valence-electron chi connectivity index (χ3n) is 7.17. The lowest BCUT2D eigenvalue weighted by atomic mass is 9.87. The highest BCUT2D eigenvalue weighted by atomic mass is 16.2. The van der Waals surface area contributed by atoms with Gasteiger partial charge in [0.1, 0.15) is 0 Å². The molecule has 43 heavy (non-hydrogen) atoms. The standard InChI is InChI=1S/C31H40O2.C6H7N3O/c1-23(2)12-8-13-24(3)14-9-15-25(4)16-10-17-26(5)18-11-19-27-22-30(32)28-20-6-7-21-29(28)31(27)33;7-9-6(10)5-1-3-8-4-2-5/h6-7,12,14,16,18,20-22H,8-11,13,15,17,19H2,1-5H3;1-4H,7H2,(H,9,10)/b24-14+,25-16+,26-18+;. The summed E-state index contributed by atoms with van der Waals surface area (Å²) in [5.41, 5.74) is 9.88. The second kappa shape index (κ2) is 19.1. The molecule has 1 aliphatic carbocycles. The van der Waals surface area contributed by atoms with Crippen molar-refractivity contribution in [1.82, 2.24) is 10.4 Å². The number of nitrogens with zero attached hydrogens (tertiary/aromatic N) is 1. The van der Waals surface area contributed by atoms with Crippen LogP contribution < -0.4 is 11.3 Å². The third-order valence-corrected chi connectivity index (χ3v) is 7.17. The van der Waals surface area contributed by atoms with Gasteiger partial charge in [-0.05, 0) is 104 Å². The largest absolute Gasteiger partial charge is 0.290 e. The molecule has 3 N–H and O–H groups in total. The summed E-state index contributed by atoms with van der Waals surface area (Å²) in [4.78, 5) is 39.4. The van der Waals surface area contributed by atoms with Crippen molar-refractivity contribution < 1.29 is 14.4 Å². The Kier molecular flexibility index (Phi) is 15.6. The van der Waals surface area contributed by atoms with Crippen molar-refractivity contribution >= 4 is 17.5 Å². The highest BCUT2D eigenvalue weighted by Crippen LogP contribution is 2.24. The number of ketones is 2. The van der Waals surface area contributed by atoms with Crippen molar-refractivity contribution in [3.05, 3.63) is 124 Å². The molecular formula is C37H47N3O3. The maximum absolute atomic E-state index is 12.6. The van der Waals surface area contributed by atoms with Crippen molar-refractivity contribution in [1.29, 1.82) is 0 Å². The van der Waals surface area contributed by atoms with E-state index in [1.165, 1.54) is 40.8 Å². The summed E-state index contributed by atoms with van der Waals surface area (Å²) in [6, 6.07) is 10.3. The number of benzene rings is 1. The lowest BCUT2D eigenvalue weighted by molar-refractivity contribution is 0.0952. The number of nitrogen functional groups attached to an aromatic ring is 1. The van der Waals surface area contributed by atoms with Crippen LogP contribution in [0.3, 0.4) is 0 Å². The molecule has 1 aromatic heterocycles. The summed E-state index contributed by atoms with van der Waals surface area (Å²) in [6.07, 6.45) is 21.8. The molecule has 1 aliphatic rings. The Morgan fingerprint density at radius 1 is 0.744 bits per heavy atom. The lowest BCUT2D eigenvalue weighted by Gasteiger charge is -2.14. The van der Waals surface area contributed by atoms with E-state index in [4.69, 9.17) is 5.84 Å². The minimum Gasteiger partial charge on any atom is -0.290 e. The number of carbonyl (C=O) groups excluding carboxylic acids is 3. The van der Waals surface area contributed by atoms with Gasteiger partial charge >= 0.3 is 0 Å². The first-order valence-corrected chi connectivity index (χ1v) is 15.0. The van der Waals surface area contributed by atoms with E-state index in [2.05, 4.69) is 63.9 Å². The number of aromatic nitrogens is 1. The van der Waals surface area contributed by atoms with Gasteiger partial charge in [0.15, 0.2) is 11.6 Å². The van der Waals surface area contributed by atoms with Crippen molar-refractivity contribution in [2.24, 2.45) is 5.84 Å². The van der Waals surface area contributed by atoms with E-state index in [0.29, 0.717) is 28.7 Å². The summed E-state index contributed by atoms with van der Waals surface area (Å²) in [5, 5.41) is 0. The molecule has 0 saturated carbocycles. The number of hydrogen-bond donors (Lipinski definition) is 2. The third kappa shape index (κ3) is 13.1. The normalized spacial score (nSPS) is 13.4. The van der Waals surface area contributed by atoms with Gasteiger partial charge in [0.05, 0.1) is 0 Å². The first kappa shape index (κ1) is 35.0. The quantitative estimate of drug-likeness (QED) is 0.107. The number of Topliss-reactive ketones (excluding diaryl/α,β-unsaturated/α-hetero) is 1. The molecule has 0 unspecified atom stereocenters. The van der Waals surface area contributed by atoms with Crippen LogP contribution in [0, 0.1) is 0 Å². The molecule has 1 amide bonds. The number of hydrogen-bond acceptors (Lipinski definition) is 5. The van der Waals surface area contributed by atoms with Crippen molar-refractivity contribution in [2.45, 2.75) is 86.0 Å². The maximum atomic E-state index is 12.6. The van der Waals surface area contributed by atoms with Crippen molar-refractivity contribution in [3.8, 4) is 0 Å². The van der Waals surface area contributed by atoms with E-state index in [0.717, 1.165) is 44.9 Å². The number of carbonyl (C=O) groups is 3. The minimum atomic E-state index is -0.303. The van der Waals surface area contributed by atoms with Crippen LogP contribution in [-0.2, 0) is 0 Å². The average Bonchev–Trinajstić information content (AvgIpc) is 2.99. The summed E-state index contributed by atoms with van der Waals surface area (Å²) >= 11 is 0. The first-order chi connectivity index (χ1) is 20.6. The predicted octanol–water partition coefficient (Wildman–Crippen LogP) is 8.60. The van der Waals surface area contributed by atoms with Crippen LogP contribution in [0.1, 0.15) is 117 Å². The molecular weight excluding hydrogens is 534 g/mol. The van der Waals surface area contributed by atoms with Crippen LogP contribution in [0.5, 0.6) is 0 Å². The Morgan fingerprint density at radius 2 is 1.26 bits per heavy atom. The van der Waals surface area contributed by atoms with E-state index in [1.807, 2.05) is 11.5 Å². The molecule has 6 nitrogen and oxygen atoms in total. The van der Waals surface area contributed by atoms with Crippen LogP contribution in [-0.4, -0.2) is 22.5 Å². The van der Waals surface area contributed by atoms with Gasteiger partial charge in [0.2, 0.25) is 0 Å². The molecule has 228 valence electrons. The topological polar surface area (TPSA) is 102 Å². The predicted molar refractivity (Wildman–Crippen MR) is 177 cm³/mol. The Bertz CT molecular complexity index is 1390. The Morgan fingerprint density at radius 3 is 1.79 bits per heavy atom. The second-order valence-electron chi connectivity index (χ2n) is 11.2. The van der Waals surface area contributed by atoms with E-state index >= 15 is 0 Å². The average molecular weight is 582 g/mol. The Balaban J connectivity index is 0.000000543. The van der Waals surface area contributed by atoms with Crippen LogP contribution >= 0.6 is 0 Å². The van der Waals surface area contributed by atoms with Gasteiger partial charge in [-0.25, -0.2) is 5.84 Å². The van der Waals surface area contributed by atoms with Crippen LogP contribution in [0.2, 0.25) is 0 Å². The molecule has 0 fully saturated rings. The first-order valence-electron chi connectivity index (χ1n) is 15.0. The zero-order chi connectivity index (χ0) is 31.6.